The third kappa shape index (κ3) is 3.63. The Morgan fingerprint density at radius 2 is 2.15 bits per heavy atom. The standard InChI is InChI=1S/C15H18FNO8P2/c1-23-11-4-5-12(13(16)7-11)14-24-26(19,20)15(18,27(21,22)25-14)8-10-3-2-6-17-9-10/h2-7,9,14,18-20,26H,8H2,1H3,(H,21,22). The first-order chi connectivity index (χ1) is 12.6. The van der Waals surface area contributed by atoms with Crippen molar-refractivity contribution in [2.45, 2.75) is 17.8 Å². The van der Waals surface area contributed by atoms with Gasteiger partial charge in [0, 0.05) is 0 Å². The molecule has 4 N–H and O–H groups in total. The van der Waals surface area contributed by atoms with Gasteiger partial charge in [0.15, 0.2) is 0 Å². The summed E-state index contributed by atoms with van der Waals surface area (Å²) in [7, 11) is -9.03. The molecule has 3 atom stereocenters. The summed E-state index contributed by atoms with van der Waals surface area (Å²) in [4.78, 5) is 34.8. The number of rotatable bonds is 4. The molecule has 3 rings (SSSR count). The van der Waals surface area contributed by atoms with E-state index in [2.05, 4.69) is 4.98 Å². The normalized spacial score (nSPS) is 31.3. The Morgan fingerprint density at radius 3 is 2.70 bits per heavy atom. The summed E-state index contributed by atoms with van der Waals surface area (Å²) in [6.07, 6.45) is 0.150. The van der Waals surface area contributed by atoms with E-state index >= 15 is 0 Å². The minimum atomic E-state index is -5.26. The number of nitrogens with zero attached hydrogens (tertiary/aromatic N) is 1. The van der Waals surface area contributed by atoms with Gasteiger partial charge in [-0.2, -0.15) is 0 Å². The van der Waals surface area contributed by atoms with Gasteiger partial charge >= 0.3 is 153 Å². The maximum absolute atomic E-state index is 14.2. The van der Waals surface area contributed by atoms with Crippen molar-refractivity contribution in [3.8, 4) is 5.75 Å². The molecule has 12 heteroatoms. The van der Waals surface area contributed by atoms with Crippen LogP contribution in [0.4, 0.5) is 4.39 Å². The Balaban J connectivity index is 1.96. The van der Waals surface area contributed by atoms with Crippen LogP contribution in [0.3, 0.4) is 0 Å². The second kappa shape index (κ2) is 7.16. The molecular weight excluding hydrogens is 403 g/mol. The molecule has 1 aromatic carbocycles. The van der Waals surface area contributed by atoms with Crippen LogP contribution in [0.2, 0.25) is 0 Å². The van der Waals surface area contributed by atoms with Crippen LogP contribution >= 0.6 is 15.5 Å². The van der Waals surface area contributed by atoms with Crippen molar-refractivity contribution in [2.75, 3.05) is 7.11 Å². The number of aromatic nitrogens is 1. The van der Waals surface area contributed by atoms with Gasteiger partial charge in [-0.1, -0.05) is 0 Å². The fraction of sp³-hybridized carbons (Fsp3) is 0.267. The van der Waals surface area contributed by atoms with E-state index in [1.54, 1.807) is 0 Å². The SMILES string of the molecule is COc1ccc(C2OP(=O)(O)C(O)(Cc3cccnc3)[PH](O)(O)O2)c(F)c1. The Bertz CT molecular complexity index is 883. The fourth-order valence-electron chi connectivity index (χ4n) is 2.61. The Morgan fingerprint density at radius 1 is 1.41 bits per heavy atom. The van der Waals surface area contributed by atoms with E-state index < -0.39 is 39.2 Å². The van der Waals surface area contributed by atoms with E-state index in [0.29, 0.717) is 0 Å². The number of hydrogen-bond acceptors (Lipinski definition) is 8. The van der Waals surface area contributed by atoms with Gasteiger partial charge in [0.25, 0.3) is 0 Å². The maximum atomic E-state index is 14.2. The molecule has 0 aliphatic carbocycles. The fourth-order valence-corrected chi connectivity index (χ4v) is 6.55. The van der Waals surface area contributed by atoms with E-state index in [9.17, 15) is 28.7 Å². The van der Waals surface area contributed by atoms with Crippen LogP contribution < -0.4 is 4.74 Å². The number of aliphatic hydroxyl groups is 1. The molecule has 148 valence electrons. The number of methoxy groups -OCH3 is 1. The first-order valence-electron chi connectivity index (χ1n) is 7.68. The van der Waals surface area contributed by atoms with Crippen molar-refractivity contribution in [3.63, 3.8) is 0 Å². The van der Waals surface area contributed by atoms with Crippen LogP contribution in [0.1, 0.15) is 17.4 Å². The van der Waals surface area contributed by atoms with Crippen molar-refractivity contribution in [3.05, 3.63) is 59.7 Å². The first-order valence-corrected chi connectivity index (χ1v) is 11.1. The number of pyridine rings is 1. The quantitative estimate of drug-likeness (QED) is 0.545. The van der Waals surface area contributed by atoms with Crippen LogP contribution in [-0.2, 0) is 20.0 Å². The Kier molecular flexibility index (Phi) is 5.37. The molecule has 0 spiro atoms. The van der Waals surface area contributed by atoms with E-state index in [4.69, 9.17) is 13.8 Å². The van der Waals surface area contributed by atoms with Crippen molar-refractivity contribution in [2.24, 2.45) is 0 Å². The van der Waals surface area contributed by atoms with E-state index in [1.165, 1.54) is 37.7 Å². The predicted octanol–water partition coefficient (Wildman–Crippen LogP) is 1.83. The number of benzene rings is 1. The molecule has 0 amide bonds. The van der Waals surface area contributed by atoms with Gasteiger partial charge < -0.3 is 0 Å². The van der Waals surface area contributed by atoms with Crippen LogP contribution in [0.25, 0.3) is 0 Å². The van der Waals surface area contributed by atoms with Crippen LogP contribution in [0.5, 0.6) is 5.75 Å². The summed E-state index contributed by atoms with van der Waals surface area (Å²) in [5, 5.41) is 7.66. The van der Waals surface area contributed by atoms with Crippen LogP contribution in [-0.4, -0.2) is 37.0 Å². The molecule has 1 fully saturated rings. The van der Waals surface area contributed by atoms with Crippen LogP contribution in [0.15, 0.2) is 42.7 Å². The molecule has 2 aromatic rings. The molecule has 2 heterocycles. The van der Waals surface area contributed by atoms with E-state index in [0.717, 1.165) is 12.1 Å². The predicted molar refractivity (Wildman–Crippen MR) is 93.3 cm³/mol. The van der Waals surface area contributed by atoms with Gasteiger partial charge in [-0.15, -0.1) is 0 Å². The summed E-state index contributed by atoms with van der Waals surface area (Å²) < 4.78 is 41.6. The third-order valence-corrected chi connectivity index (χ3v) is 9.19. The zero-order valence-electron chi connectivity index (χ0n) is 14.0. The van der Waals surface area contributed by atoms with Crippen molar-refractivity contribution >= 4 is 15.5 Å². The molecule has 0 bridgehead atoms. The average Bonchev–Trinajstić information content (AvgIpc) is 2.60. The van der Waals surface area contributed by atoms with Gasteiger partial charge in [-0.25, -0.2) is 0 Å². The number of hydrogen-bond donors (Lipinski definition) is 4. The third-order valence-electron chi connectivity index (χ3n) is 4.13. The Hall–Kier alpha value is -1.48. The summed E-state index contributed by atoms with van der Waals surface area (Å²) in [5.41, 5.74) is -0.107. The Labute approximate surface area is 154 Å². The zero-order valence-corrected chi connectivity index (χ0v) is 15.9. The van der Waals surface area contributed by atoms with Gasteiger partial charge in [0.05, 0.1) is 0 Å². The van der Waals surface area contributed by atoms with E-state index in [-0.39, 0.29) is 16.9 Å². The molecule has 0 radical (unpaired) electrons. The molecule has 0 saturated carbocycles. The van der Waals surface area contributed by atoms with Crippen molar-refractivity contribution in [1.82, 2.24) is 4.98 Å². The van der Waals surface area contributed by atoms with Crippen molar-refractivity contribution < 1.29 is 42.5 Å². The molecule has 1 aromatic heterocycles. The molecular formula is C15H18FNO8P2. The average molecular weight is 421 g/mol. The van der Waals surface area contributed by atoms with Gasteiger partial charge in [0.1, 0.15) is 0 Å². The molecule has 1 aliphatic rings. The number of ether oxygens (including phenoxy) is 1. The summed E-state index contributed by atoms with van der Waals surface area (Å²) in [5.74, 6) is -0.745. The number of halogens is 1. The molecule has 1 saturated heterocycles. The molecule has 9 nitrogen and oxygen atoms in total. The van der Waals surface area contributed by atoms with E-state index in [1.807, 2.05) is 0 Å². The summed E-state index contributed by atoms with van der Waals surface area (Å²) >= 11 is 0. The van der Waals surface area contributed by atoms with Crippen LogP contribution in [0, 0.1) is 5.82 Å². The van der Waals surface area contributed by atoms with Crippen molar-refractivity contribution in [1.29, 1.82) is 0 Å². The molecule has 3 unspecified atom stereocenters. The molecule has 27 heavy (non-hydrogen) atoms. The second-order valence-corrected chi connectivity index (χ2v) is 10.6. The molecule has 1 aliphatic heterocycles. The first kappa shape index (κ1) is 20.3. The minimum absolute atomic E-state index is 0.170. The topological polar surface area (TPSA) is 139 Å². The summed E-state index contributed by atoms with van der Waals surface area (Å²) in [6, 6.07) is 6.42. The monoisotopic (exact) mass is 421 g/mol. The summed E-state index contributed by atoms with van der Waals surface area (Å²) in [6.45, 7) is 0. The van der Waals surface area contributed by atoms with Gasteiger partial charge in [0.2, 0.25) is 0 Å². The van der Waals surface area contributed by atoms with Gasteiger partial charge in [-0.05, 0) is 0 Å². The second-order valence-electron chi connectivity index (χ2n) is 5.93. The zero-order chi connectivity index (χ0) is 19.9. The van der Waals surface area contributed by atoms with Gasteiger partial charge in [-0.3, -0.25) is 0 Å².